The normalized spacial score (nSPS) is 45.4. The molecule has 27 heteroatoms. The molecule has 27 nitrogen and oxygen atoms in total. The molecule has 0 aromatic rings. The van der Waals surface area contributed by atoms with Gasteiger partial charge in [0.2, 0.25) is 5.91 Å². The highest BCUT2D eigenvalue weighted by atomic mass is 16.8. The first-order chi connectivity index (χ1) is 30.2. The van der Waals surface area contributed by atoms with E-state index < -0.39 is 168 Å². The highest BCUT2D eigenvalue weighted by molar-refractivity contribution is 5.77. The van der Waals surface area contributed by atoms with Crippen LogP contribution in [0.4, 0.5) is 0 Å². The van der Waals surface area contributed by atoms with Crippen molar-refractivity contribution in [1.82, 2.24) is 5.32 Å². The van der Waals surface area contributed by atoms with Gasteiger partial charge in [-0.05, 0) is 0 Å². The van der Waals surface area contributed by atoms with Gasteiger partial charge in [0.15, 0.2) is 25.2 Å². The lowest BCUT2D eigenvalue weighted by Crippen LogP contribution is -2.70. The Morgan fingerprint density at radius 1 is 0.460 bits per heavy atom. The van der Waals surface area contributed by atoms with E-state index in [1.807, 2.05) is 0 Å². The molecule has 5 heterocycles. The zero-order chi connectivity index (χ0) is 45.8. The molecule has 5 fully saturated rings. The molecule has 0 aromatic carbocycles. The molecule has 63 heavy (non-hydrogen) atoms. The average molecular weight is 926 g/mol. The molecular weight excluding hydrogens is 862 g/mol. The van der Waals surface area contributed by atoms with Crippen LogP contribution < -0.4 is 5.32 Å². The molecule has 5 aliphatic heterocycles. The Bertz CT molecular complexity index is 1310. The molecule has 0 aromatic heterocycles. The Kier molecular flexibility index (Phi) is 21.3. The molecule has 0 spiro atoms. The molecular formula is C36H63NO26. The van der Waals surface area contributed by atoms with Crippen LogP contribution >= 0.6 is 0 Å². The van der Waals surface area contributed by atoms with Gasteiger partial charge < -0.3 is 129 Å². The van der Waals surface area contributed by atoms with Gasteiger partial charge in [0.05, 0.1) is 98.4 Å². The Morgan fingerprint density at radius 3 is 1.44 bits per heavy atom. The van der Waals surface area contributed by atoms with Gasteiger partial charge in [0.1, 0.15) is 97.6 Å². The largest absolute Gasteiger partial charge is 0.394 e. The van der Waals surface area contributed by atoms with Crippen LogP contribution in [0.25, 0.3) is 0 Å². The summed E-state index contributed by atoms with van der Waals surface area (Å²) in [5.74, 6) is -0.811. The Labute approximate surface area is 360 Å². The number of ether oxygens (including phenoxy) is 12. The monoisotopic (exact) mass is 925 g/mol. The van der Waals surface area contributed by atoms with E-state index in [-0.39, 0.29) is 39.6 Å². The minimum Gasteiger partial charge on any atom is -0.394 e. The van der Waals surface area contributed by atoms with E-state index in [4.69, 9.17) is 56.8 Å². The lowest BCUT2D eigenvalue weighted by atomic mass is 9.94. The molecule has 0 saturated carbocycles. The predicted octanol–water partition coefficient (Wildman–Crippen LogP) is -9.77. The van der Waals surface area contributed by atoms with Crippen LogP contribution in [-0.2, 0) is 61.6 Å². The number of amides is 1. The zero-order valence-corrected chi connectivity index (χ0v) is 34.1. The molecule has 0 aliphatic carbocycles. The fourth-order valence-electron chi connectivity index (χ4n) is 7.48. The lowest BCUT2D eigenvalue weighted by molar-refractivity contribution is -0.379. The molecule has 21 atom stereocenters. The van der Waals surface area contributed by atoms with Crippen molar-refractivity contribution in [3.63, 3.8) is 0 Å². The van der Waals surface area contributed by atoms with Crippen molar-refractivity contribution in [1.29, 1.82) is 0 Å². The van der Waals surface area contributed by atoms with Crippen LogP contribution in [0.15, 0.2) is 0 Å². The Morgan fingerprint density at radius 2 is 0.889 bits per heavy atom. The van der Waals surface area contributed by atoms with E-state index >= 15 is 0 Å². The van der Waals surface area contributed by atoms with Gasteiger partial charge in [-0.1, -0.05) is 0 Å². The first-order valence-corrected chi connectivity index (χ1v) is 20.6. The van der Waals surface area contributed by atoms with Gasteiger partial charge in [-0.15, -0.1) is 0 Å². The highest BCUT2D eigenvalue weighted by Crippen LogP contribution is 2.34. The molecule has 14 N–H and O–H groups in total. The van der Waals surface area contributed by atoms with Crippen molar-refractivity contribution >= 4 is 5.91 Å². The maximum Gasteiger partial charge on any atom is 0.223 e. The van der Waals surface area contributed by atoms with Crippen molar-refractivity contribution in [3.05, 3.63) is 0 Å². The Balaban J connectivity index is 1.36. The zero-order valence-electron chi connectivity index (χ0n) is 34.1. The van der Waals surface area contributed by atoms with Gasteiger partial charge in [0.25, 0.3) is 0 Å². The second-order valence-corrected chi connectivity index (χ2v) is 15.4. The second-order valence-electron chi connectivity index (χ2n) is 15.4. The van der Waals surface area contributed by atoms with E-state index in [9.17, 15) is 71.2 Å². The van der Waals surface area contributed by atoms with Gasteiger partial charge in [-0.25, -0.2) is 0 Å². The molecule has 0 bridgehead atoms. The number of aliphatic hydroxyl groups is 13. The van der Waals surface area contributed by atoms with Crippen LogP contribution in [0.5, 0.6) is 0 Å². The standard InChI is InChI=1S/C36H63NO26/c38-10-16-22(43)24(45)28(49)35(58-16)62-30-18(12-40)59-34(21(23(30)44)37-20(42)9-15-14-55-6-5-53-2-1-52-3-4-54-7-8-56-15)61-32-19(13-41)60-36(29(50)26(32)47)63-31-17(11-39)57-33(51)27(48)25(31)46/h15-19,21-36,38-41,43-51H,1-14H2,(H,37,42)/t15?,16?,17?,18?,19?,21-,22+,23?,24?,25?,26?,27-,28-,29-,30+,31+,32+,33+,34-,35-,36-/m0/s1. The maximum absolute atomic E-state index is 13.8. The van der Waals surface area contributed by atoms with Crippen molar-refractivity contribution in [3.8, 4) is 0 Å². The summed E-state index contributed by atoms with van der Waals surface area (Å²) >= 11 is 0. The van der Waals surface area contributed by atoms with Crippen LogP contribution in [0, 0.1) is 0 Å². The van der Waals surface area contributed by atoms with Gasteiger partial charge >= 0.3 is 0 Å². The van der Waals surface area contributed by atoms with Crippen LogP contribution in [-0.4, -0.2) is 287 Å². The summed E-state index contributed by atoms with van der Waals surface area (Å²) in [5, 5.41) is 139. The number of aliphatic hydroxyl groups excluding tert-OH is 13. The van der Waals surface area contributed by atoms with Gasteiger partial charge in [-0.3, -0.25) is 4.79 Å². The summed E-state index contributed by atoms with van der Waals surface area (Å²) in [4.78, 5) is 13.8. The number of nitrogens with one attached hydrogen (secondary N) is 1. The number of carbonyl (C=O) groups excluding carboxylic acids is 1. The lowest BCUT2D eigenvalue weighted by Gasteiger charge is -2.49. The quantitative estimate of drug-likeness (QED) is 0.0815. The van der Waals surface area contributed by atoms with E-state index in [1.165, 1.54) is 0 Å². The predicted molar refractivity (Wildman–Crippen MR) is 197 cm³/mol. The third-order valence-corrected chi connectivity index (χ3v) is 11.0. The summed E-state index contributed by atoms with van der Waals surface area (Å²) in [7, 11) is 0. The molecule has 0 radical (unpaired) electrons. The number of rotatable bonds is 13. The molecule has 5 aliphatic rings. The Hall–Kier alpha value is -1.53. The SMILES string of the molecule is O=C(CC1COCCOCCOCCOCCO1)N[C@H]1C(O)[C@H](O[C@@H]2OC(CO)[C@@H](O)C(O)[C@@H]2O)C(CO)O[C@H]1O[C@@H]1C(CO)O[C@@H](O[C@@H]2C(CO)O[C@@H](O)[C@@H](O)C2O)[C@@H](O)C1O. The van der Waals surface area contributed by atoms with Crippen LogP contribution in [0.2, 0.25) is 0 Å². The fraction of sp³-hybridized carbons (Fsp3) is 0.972. The topological polar surface area (TPSA) is 403 Å². The molecule has 368 valence electrons. The van der Waals surface area contributed by atoms with Gasteiger partial charge in [-0.2, -0.15) is 0 Å². The van der Waals surface area contributed by atoms with Crippen molar-refractivity contribution in [2.75, 3.05) is 85.9 Å². The second kappa shape index (κ2) is 25.6. The highest BCUT2D eigenvalue weighted by Gasteiger charge is 2.55. The van der Waals surface area contributed by atoms with E-state index in [0.717, 1.165) is 0 Å². The smallest absolute Gasteiger partial charge is 0.223 e. The minimum atomic E-state index is -2.08. The van der Waals surface area contributed by atoms with Gasteiger partial charge in [0, 0.05) is 0 Å². The van der Waals surface area contributed by atoms with E-state index in [1.54, 1.807) is 0 Å². The average Bonchev–Trinajstić information content (AvgIpc) is 3.28. The maximum atomic E-state index is 13.8. The minimum absolute atomic E-state index is 0.0387. The number of hydrogen-bond donors (Lipinski definition) is 14. The summed E-state index contributed by atoms with van der Waals surface area (Å²) in [5.41, 5.74) is 0. The van der Waals surface area contributed by atoms with Crippen molar-refractivity contribution in [2.45, 2.75) is 135 Å². The molecule has 9 unspecified atom stereocenters. The molecule has 5 rings (SSSR count). The summed E-state index contributed by atoms with van der Waals surface area (Å²) in [6.07, 6.45) is -35.7. The van der Waals surface area contributed by atoms with E-state index in [0.29, 0.717) is 19.8 Å². The number of carbonyl (C=O) groups is 1. The summed E-state index contributed by atoms with van der Waals surface area (Å²) < 4.78 is 67.4. The van der Waals surface area contributed by atoms with Crippen molar-refractivity contribution < 1.29 is 128 Å². The van der Waals surface area contributed by atoms with Crippen LogP contribution in [0.1, 0.15) is 6.42 Å². The van der Waals surface area contributed by atoms with Crippen molar-refractivity contribution in [2.24, 2.45) is 0 Å². The molecule has 5 saturated heterocycles. The first-order valence-electron chi connectivity index (χ1n) is 20.6. The third-order valence-electron chi connectivity index (χ3n) is 11.0. The number of hydrogen-bond acceptors (Lipinski definition) is 26. The summed E-state index contributed by atoms with van der Waals surface area (Å²) in [6, 6.07) is -1.74. The molecule has 1 amide bonds. The fourth-order valence-corrected chi connectivity index (χ4v) is 7.48. The summed E-state index contributed by atoms with van der Waals surface area (Å²) in [6.45, 7) is -1.88. The van der Waals surface area contributed by atoms with E-state index in [2.05, 4.69) is 5.32 Å². The first kappa shape index (κ1) is 52.4. The van der Waals surface area contributed by atoms with Crippen LogP contribution in [0.3, 0.4) is 0 Å². The third kappa shape index (κ3) is 13.6.